The fourth-order valence-corrected chi connectivity index (χ4v) is 7.66. The van der Waals surface area contributed by atoms with E-state index >= 15 is 0 Å². The number of likely N-dealkylation sites (tertiary alicyclic amines) is 1. The van der Waals surface area contributed by atoms with Crippen molar-refractivity contribution in [2.24, 2.45) is 11.8 Å². The standard InChI is InChI=1S/C26H31N3OS/c1-17-24(31-25(27-17)18-8-3-2-4-9-18)26(30)29-13-7-10-19-14-20-15-21(23(19)29)16-28-12-6-5-11-22(20)28/h2-4,8-9,14,20-23H,5-7,10-13,15-16H2,1H3/t20-,21-,22+,23-/m0/s1. The third-order valence-corrected chi connectivity index (χ3v) is 9.12. The summed E-state index contributed by atoms with van der Waals surface area (Å²) in [5.74, 6) is 1.49. The first-order valence-corrected chi connectivity index (χ1v) is 12.8. The quantitative estimate of drug-likeness (QED) is 0.614. The van der Waals surface area contributed by atoms with Crippen LogP contribution in [0.1, 0.15) is 53.9 Å². The number of amides is 1. The van der Waals surface area contributed by atoms with Gasteiger partial charge in [0.05, 0.1) is 11.7 Å². The summed E-state index contributed by atoms with van der Waals surface area (Å²) in [7, 11) is 0. The van der Waals surface area contributed by atoms with Crippen LogP contribution in [-0.2, 0) is 0 Å². The Bertz CT molecular complexity index is 1010. The Hall–Kier alpha value is -1.98. The van der Waals surface area contributed by atoms with E-state index in [4.69, 9.17) is 4.98 Å². The molecule has 1 aliphatic carbocycles. The summed E-state index contributed by atoms with van der Waals surface area (Å²) in [5, 5.41) is 0.951. The van der Waals surface area contributed by atoms with E-state index in [1.807, 2.05) is 25.1 Å². The number of aryl methyl sites for hydroxylation is 1. The average molecular weight is 434 g/mol. The molecule has 0 saturated carbocycles. The van der Waals surface area contributed by atoms with Gasteiger partial charge in [-0.3, -0.25) is 9.69 Å². The van der Waals surface area contributed by atoms with Crippen LogP contribution in [0.4, 0.5) is 0 Å². The molecule has 1 aromatic heterocycles. The SMILES string of the molecule is Cc1nc(-c2ccccc2)sc1C(=O)N1CCCC2=C[C@H]3C[C@@H](CN4CCCC[C@H]34)[C@H]21. The van der Waals surface area contributed by atoms with Gasteiger partial charge in [-0.15, -0.1) is 11.3 Å². The minimum atomic E-state index is 0.201. The number of rotatable bonds is 2. The normalized spacial score (nSPS) is 30.4. The molecule has 1 aromatic carbocycles. The van der Waals surface area contributed by atoms with Gasteiger partial charge in [-0.25, -0.2) is 4.98 Å². The van der Waals surface area contributed by atoms with Gasteiger partial charge in [-0.1, -0.05) is 48.4 Å². The lowest BCUT2D eigenvalue weighted by Crippen LogP contribution is -2.60. The maximum atomic E-state index is 13.8. The summed E-state index contributed by atoms with van der Waals surface area (Å²) in [6.07, 6.45) is 10.2. The summed E-state index contributed by atoms with van der Waals surface area (Å²) in [5.41, 5.74) is 3.52. The molecule has 4 heterocycles. The topological polar surface area (TPSA) is 36.4 Å². The van der Waals surface area contributed by atoms with Crippen LogP contribution in [0, 0.1) is 18.8 Å². The van der Waals surface area contributed by atoms with E-state index in [9.17, 15) is 4.79 Å². The van der Waals surface area contributed by atoms with Crippen molar-refractivity contribution in [2.75, 3.05) is 19.6 Å². The lowest BCUT2D eigenvalue weighted by molar-refractivity contribution is 0.00159. The first-order chi connectivity index (χ1) is 15.2. The zero-order valence-electron chi connectivity index (χ0n) is 18.3. The van der Waals surface area contributed by atoms with Gasteiger partial charge in [0.25, 0.3) is 5.91 Å². The summed E-state index contributed by atoms with van der Waals surface area (Å²) in [4.78, 5) is 24.4. The molecule has 1 amide bonds. The molecule has 4 atom stereocenters. The highest BCUT2D eigenvalue weighted by atomic mass is 32.1. The number of aromatic nitrogens is 1. The molecule has 0 radical (unpaired) electrons. The fourth-order valence-electron chi connectivity index (χ4n) is 6.63. The van der Waals surface area contributed by atoms with Gasteiger partial charge in [0.15, 0.2) is 0 Å². The first-order valence-electron chi connectivity index (χ1n) is 12.0. The van der Waals surface area contributed by atoms with E-state index in [1.54, 1.807) is 16.9 Å². The van der Waals surface area contributed by atoms with Gasteiger partial charge in [0.2, 0.25) is 0 Å². The summed E-state index contributed by atoms with van der Waals surface area (Å²) < 4.78 is 0. The van der Waals surface area contributed by atoms with Crippen LogP contribution in [0.25, 0.3) is 10.6 Å². The molecular formula is C26H31N3OS. The Kier molecular flexibility index (Phi) is 4.99. The van der Waals surface area contributed by atoms with E-state index in [1.165, 1.54) is 45.2 Å². The fraction of sp³-hybridized carbons (Fsp3) is 0.538. The highest BCUT2D eigenvalue weighted by molar-refractivity contribution is 7.17. The van der Waals surface area contributed by atoms with Gasteiger partial charge in [-0.05, 0) is 57.4 Å². The van der Waals surface area contributed by atoms with E-state index in [2.05, 4.69) is 28.0 Å². The van der Waals surface area contributed by atoms with Gasteiger partial charge < -0.3 is 4.90 Å². The zero-order valence-corrected chi connectivity index (χ0v) is 19.1. The largest absolute Gasteiger partial charge is 0.331 e. The van der Waals surface area contributed by atoms with Gasteiger partial charge in [0, 0.05) is 24.7 Å². The van der Waals surface area contributed by atoms with Crippen molar-refractivity contribution in [1.29, 1.82) is 0 Å². The Morgan fingerprint density at radius 1 is 1.13 bits per heavy atom. The first kappa shape index (κ1) is 19.7. The van der Waals surface area contributed by atoms with E-state index in [0.717, 1.165) is 40.1 Å². The molecule has 2 aromatic rings. The van der Waals surface area contributed by atoms with Crippen LogP contribution in [0.5, 0.6) is 0 Å². The Morgan fingerprint density at radius 2 is 2.00 bits per heavy atom. The Morgan fingerprint density at radius 3 is 2.87 bits per heavy atom. The van der Waals surface area contributed by atoms with Gasteiger partial charge in [-0.2, -0.15) is 0 Å². The molecule has 4 nitrogen and oxygen atoms in total. The van der Waals surface area contributed by atoms with Crippen molar-refractivity contribution >= 4 is 17.2 Å². The Balaban J connectivity index is 1.31. The van der Waals surface area contributed by atoms with Crippen LogP contribution in [0.2, 0.25) is 0 Å². The average Bonchev–Trinajstić information content (AvgIpc) is 3.20. The van der Waals surface area contributed by atoms with Crippen LogP contribution in [0.15, 0.2) is 42.0 Å². The molecule has 0 N–H and O–H groups in total. The minimum Gasteiger partial charge on any atom is -0.331 e. The number of fused-ring (bicyclic) bond motifs is 6. The lowest BCUT2D eigenvalue weighted by Gasteiger charge is -2.54. The van der Waals surface area contributed by atoms with Crippen molar-refractivity contribution in [3.8, 4) is 10.6 Å². The second-order valence-electron chi connectivity index (χ2n) is 9.81. The molecule has 0 spiro atoms. The molecule has 2 bridgehead atoms. The number of hydrogen-bond donors (Lipinski definition) is 0. The third kappa shape index (κ3) is 3.37. The van der Waals surface area contributed by atoms with Crippen LogP contribution in [0.3, 0.4) is 0 Å². The summed E-state index contributed by atoms with van der Waals surface area (Å²) in [6, 6.07) is 11.3. The minimum absolute atomic E-state index is 0.201. The predicted octanol–water partition coefficient (Wildman–Crippen LogP) is 5.15. The molecule has 5 heteroatoms. The van der Waals surface area contributed by atoms with Gasteiger partial charge in [0.1, 0.15) is 9.88 Å². The third-order valence-electron chi connectivity index (χ3n) is 7.93. The van der Waals surface area contributed by atoms with Crippen molar-refractivity contribution < 1.29 is 4.79 Å². The number of thiazole rings is 1. The maximum absolute atomic E-state index is 13.8. The van der Waals surface area contributed by atoms with Crippen molar-refractivity contribution in [3.63, 3.8) is 0 Å². The zero-order chi connectivity index (χ0) is 20.9. The molecule has 31 heavy (non-hydrogen) atoms. The van der Waals surface area contributed by atoms with Crippen molar-refractivity contribution in [3.05, 3.63) is 52.6 Å². The van der Waals surface area contributed by atoms with E-state index < -0.39 is 0 Å². The Labute approximate surface area is 189 Å². The van der Waals surface area contributed by atoms with Crippen LogP contribution >= 0.6 is 11.3 Å². The molecule has 3 fully saturated rings. The van der Waals surface area contributed by atoms with E-state index in [-0.39, 0.29) is 5.91 Å². The molecular weight excluding hydrogens is 402 g/mol. The second-order valence-corrected chi connectivity index (χ2v) is 10.8. The number of nitrogens with zero attached hydrogens (tertiary/aromatic N) is 3. The second kappa shape index (κ2) is 7.86. The number of benzene rings is 1. The summed E-state index contributed by atoms with van der Waals surface area (Å²) in [6.45, 7) is 5.29. The van der Waals surface area contributed by atoms with Crippen LogP contribution < -0.4 is 0 Å². The number of hydrogen-bond acceptors (Lipinski definition) is 4. The predicted molar refractivity (Wildman–Crippen MR) is 125 cm³/mol. The van der Waals surface area contributed by atoms with Crippen molar-refractivity contribution in [1.82, 2.24) is 14.8 Å². The van der Waals surface area contributed by atoms with Crippen molar-refractivity contribution in [2.45, 2.75) is 57.5 Å². The summed E-state index contributed by atoms with van der Waals surface area (Å²) >= 11 is 1.56. The molecule has 4 aliphatic rings. The lowest BCUT2D eigenvalue weighted by atomic mass is 9.68. The van der Waals surface area contributed by atoms with E-state index in [0.29, 0.717) is 17.9 Å². The monoisotopic (exact) mass is 433 g/mol. The number of piperidine rings is 3. The van der Waals surface area contributed by atoms with Gasteiger partial charge >= 0.3 is 0 Å². The molecule has 3 saturated heterocycles. The highest BCUT2D eigenvalue weighted by Crippen LogP contribution is 2.45. The molecule has 3 aliphatic heterocycles. The van der Waals surface area contributed by atoms with Crippen LogP contribution in [-0.4, -0.2) is 52.4 Å². The maximum Gasteiger partial charge on any atom is 0.266 e. The number of carbonyl (C=O) groups excluding carboxylic acids is 1. The molecule has 6 rings (SSSR count). The number of carbonyl (C=O) groups is 1. The smallest absolute Gasteiger partial charge is 0.266 e. The highest BCUT2D eigenvalue weighted by Gasteiger charge is 2.47. The molecule has 162 valence electrons. The molecule has 0 unspecified atom stereocenters.